The van der Waals surface area contributed by atoms with E-state index in [9.17, 15) is 0 Å². The lowest BCUT2D eigenvalue weighted by Gasteiger charge is -2.18. The monoisotopic (exact) mass is 357 g/mol. The summed E-state index contributed by atoms with van der Waals surface area (Å²) >= 11 is 0. The third-order valence-electron chi connectivity index (χ3n) is 5.81. The van der Waals surface area contributed by atoms with Crippen molar-refractivity contribution in [2.45, 2.75) is 56.7 Å². The molecular weight excluding hydrogens is 330 g/mol. The molecule has 140 valence electrons. The summed E-state index contributed by atoms with van der Waals surface area (Å²) in [6.45, 7) is 2.15. The summed E-state index contributed by atoms with van der Waals surface area (Å²) < 4.78 is 17.9. The van der Waals surface area contributed by atoms with Crippen LogP contribution in [0, 0.1) is 5.92 Å². The van der Waals surface area contributed by atoms with Gasteiger partial charge in [-0.3, -0.25) is 10.3 Å². The normalized spacial score (nSPS) is 28.4. The largest absolute Gasteiger partial charge is 0.489 e. The summed E-state index contributed by atoms with van der Waals surface area (Å²) in [5.41, 5.74) is 4.83. The van der Waals surface area contributed by atoms with Gasteiger partial charge in [0.25, 0.3) is 0 Å². The van der Waals surface area contributed by atoms with Crippen molar-refractivity contribution < 1.29 is 19.0 Å². The van der Waals surface area contributed by atoms with Gasteiger partial charge in [0.2, 0.25) is 0 Å². The molecule has 1 N–H and O–H groups in total. The van der Waals surface area contributed by atoms with E-state index in [2.05, 4.69) is 23.7 Å². The zero-order valence-corrected chi connectivity index (χ0v) is 15.2. The molecule has 2 heterocycles. The van der Waals surface area contributed by atoms with Crippen LogP contribution in [0.15, 0.2) is 24.3 Å². The fraction of sp³-hybridized carbons (Fsp3) is 0.619. The molecule has 0 aromatic heterocycles. The first-order chi connectivity index (χ1) is 12.8. The van der Waals surface area contributed by atoms with Gasteiger partial charge in [-0.05, 0) is 68.7 Å². The van der Waals surface area contributed by atoms with Gasteiger partial charge in [0.15, 0.2) is 11.5 Å². The predicted molar refractivity (Wildman–Crippen MR) is 97.9 cm³/mol. The predicted octanol–water partition coefficient (Wildman–Crippen LogP) is 3.83. The Hall–Kier alpha value is -1.72. The van der Waals surface area contributed by atoms with Gasteiger partial charge in [-0.2, -0.15) is 0 Å². The van der Waals surface area contributed by atoms with E-state index in [0.717, 1.165) is 61.2 Å². The van der Waals surface area contributed by atoms with Crippen molar-refractivity contribution in [2.75, 3.05) is 19.8 Å². The average molecular weight is 357 g/mol. The molecule has 3 fully saturated rings. The Balaban J connectivity index is 1.38. The lowest BCUT2D eigenvalue weighted by Crippen LogP contribution is -2.29. The zero-order chi connectivity index (χ0) is 17.4. The Kier molecular flexibility index (Phi) is 4.29. The maximum atomic E-state index is 6.33. The molecule has 1 aromatic carbocycles. The Morgan fingerprint density at radius 3 is 2.77 bits per heavy atom. The molecule has 0 bridgehead atoms. The van der Waals surface area contributed by atoms with E-state index in [1.54, 1.807) is 0 Å². The molecule has 0 amide bonds. The first-order valence-electron chi connectivity index (χ1n) is 9.98. The zero-order valence-electron chi connectivity index (χ0n) is 15.2. The number of ether oxygens (including phenoxy) is 3. The highest BCUT2D eigenvalue weighted by Crippen LogP contribution is 2.38. The summed E-state index contributed by atoms with van der Waals surface area (Å²) in [4.78, 5) is 5.82. The summed E-state index contributed by atoms with van der Waals surface area (Å²) in [6, 6.07) is 6.22. The standard InChI is InChI=1S/C21H27NO4/c1-2-4-17(3-1)25-20-11-16(7-8-19(20)24-13-15-5-6-15)18-12-21(26-22-18)9-10-23-14-21/h7-8,11-12,15,17,22H,1-6,9-10,13-14H2. The second kappa shape index (κ2) is 6.78. The van der Waals surface area contributed by atoms with Crippen molar-refractivity contribution in [2.24, 2.45) is 5.92 Å². The van der Waals surface area contributed by atoms with Gasteiger partial charge in [-0.25, -0.2) is 0 Å². The van der Waals surface area contributed by atoms with Crippen molar-refractivity contribution in [3.8, 4) is 11.5 Å². The number of hydrogen-bond acceptors (Lipinski definition) is 5. The highest BCUT2D eigenvalue weighted by molar-refractivity contribution is 5.68. The topological polar surface area (TPSA) is 49.0 Å². The Bertz CT molecular complexity index is 685. The van der Waals surface area contributed by atoms with E-state index in [4.69, 9.17) is 19.0 Å². The van der Waals surface area contributed by atoms with Crippen LogP contribution in [-0.2, 0) is 9.57 Å². The maximum Gasteiger partial charge on any atom is 0.162 e. The highest BCUT2D eigenvalue weighted by atomic mass is 16.7. The second-order valence-corrected chi connectivity index (χ2v) is 8.07. The van der Waals surface area contributed by atoms with Gasteiger partial charge >= 0.3 is 0 Å². The highest BCUT2D eigenvalue weighted by Gasteiger charge is 2.39. The fourth-order valence-corrected chi connectivity index (χ4v) is 3.94. The van der Waals surface area contributed by atoms with Crippen LogP contribution in [0.1, 0.15) is 50.5 Å². The minimum Gasteiger partial charge on any atom is -0.489 e. The number of hydroxylamine groups is 1. The summed E-state index contributed by atoms with van der Waals surface area (Å²) in [7, 11) is 0. The molecule has 1 saturated heterocycles. The van der Waals surface area contributed by atoms with Crippen LogP contribution >= 0.6 is 0 Å². The molecular formula is C21H27NO4. The number of hydrogen-bond donors (Lipinski definition) is 1. The van der Waals surface area contributed by atoms with Crippen LogP contribution in [0.3, 0.4) is 0 Å². The number of nitrogens with one attached hydrogen (secondary N) is 1. The molecule has 4 aliphatic rings. The average Bonchev–Trinajstić information content (AvgIpc) is 3.06. The molecule has 0 radical (unpaired) electrons. The third kappa shape index (κ3) is 3.42. The molecule has 5 nitrogen and oxygen atoms in total. The quantitative estimate of drug-likeness (QED) is 0.838. The van der Waals surface area contributed by atoms with Crippen LogP contribution in [0.2, 0.25) is 0 Å². The van der Waals surface area contributed by atoms with Gasteiger partial charge in [0, 0.05) is 18.6 Å². The first-order valence-corrected chi connectivity index (χ1v) is 9.98. The van der Waals surface area contributed by atoms with Crippen molar-refractivity contribution in [1.82, 2.24) is 5.48 Å². The Labute approximate surface area is 154 Å². The van der Waals surface area contributed by atoms with E-state index in [-0.39, 0.29) is 5.60 Å². The SMILES string of the molecule is C1=C(c2ccc(OCC3CC3)c(OC3CCCC3)c2)NOC12CCOC2. The minimum atomic E-state index is -0.317. The molecule has 1 spiro atoms. The van der Waals surface area contributed by atoms with E-state index < -0.39 is 0 Å². The van der Waals surface area contributed by atoms with Crippen LogP contribution < -0.4 is 15.0 Å². The van der Waals surface area contributed by atoms with Crippen LogP contribution in [0.4, 0.5) is 0 Å². The van der Waals surface area contributed by atoms with E-state index >= 15 is 0 Å². The molecule has 2 aliphatic heterocycles. The lowest BCUT2D eigenvalue weighted by atomic mass is 10.0. The number of rotatable bonds is 6. The molecule has 1 atom stereocenters. The van der Waals surface area contributed by atoms with Gasteiger partial charge in [-0.1, -0.05) is 0 Å². The molecule has 1 aromatic rings. The van der Waals surface area contributed by atoms with E-state index in [1.807, 2.05) is 6.07 Å². The molecule has 2 aliphatic carbocycles. The van der Waals surface area contributed by atoms with Crippen LogP contribution in [-0.4, -0.2) is 31.5 Å². The maximum absolute atomic E-state index is 6.33. The van der Waals surface area contributed by atoms with E-state index in [1.165, 1.54) is 25.7 Å². The van der Waals surface area contributed by atoms with Crippen molar-refractivity contribution in [3.63, 3.8) is 0 Å². The van der Waals surface area contributed by atoms with Crippen molar-refractivity contribution >= 4 is 5.70 Å². The van der Waals surface area contributed by atoms with Gasteiger partial charge < -0.3 is 14.2 Å². The molecule has 2 saturated carbocycles. The van der Waals surface area contributed by atoms with Crippen molar-refractivity contribution in [3.05, 3.63) is 29.8 Å². The molecule has 5 heteroatoms. The van der Waals surface area contributed by atoms with E-state index in [0.29, 0.717) is 12.7 Å². The third-order valence-corrected chi connectivity index (χ3v) is 5.81. The molecule has 1 unspecified atom stereocenters. The summed E-state index contributed by atoms with van der Waals surface area (Å²) in [6.07, 6.45) is 10.7. The number of benzene rings is 1. The minimum absolute atomic E-state index is 0.310. The summed E-state index contributed by atoms with van der Waals surface area (Å²) in [5, 5.41) is 0. The fourth-order valence-electron chi connectivity index (χ4n) is 3.94. The molecule has 26 heavy (non-hydrogen) atoms. The van der Waals surface area contributed by atoms with Crippen LogP contribution in [0.5, 0.6) is 11.5 Å². The molecule has 5 rings (SSSR count). The Morgan fingerprint density at radius 2 is 2.00 bits per heavy atom. The van der Waals surface area contributed by atoms with Gasteiger partial charge in [-0.15, -0.1) is 0 Å². The van der Waals surface area contributed by atoms with Gasteiger partial charge in [0.05, 0.1) is 25.0 Å². The van der Waals surface area contributed by atoms with Gasteiger partial charge in [0.1, 0.15) is 5.60 Å². The Morgan fingerprint density at radius 1 is 1.12 bits per heavy atom. The first kappa shape index (κ1) is 16.5. The smallest absolute Gasteiger partial charge is 0.162 e. The lowest BCUT2D eigenvalue weighted by molar-refractivity contribution is -0.0373. The van der Waals surface area contributed by atoms with Crippen LogP contribution in [0.25, 0.3) is 5.70 Å². The summed E-state index contributed by atoms with van der Waals surface area (Å²) in [5.74, 6) is 2.45. The van der Waals surface area contributed by atoms with Crippen molar-refractivity contribution in [1.29, 1.82) is 0 Å². The second-order valence-electron chi connectivity index (χ2n) is 8.07.